The highest BCUT2D eigenvalue weighted by molar-refractivity contribution is 7.87. The molecule has 6 nitrogen and oxygen atoms in total. The third-order valence-electron chi connectivity index (χ3n) is 2.54. The first kappa shape index (κ1) is 13.1. The summed E-state index contributed by atoms with van der Waals surface area (Å²) >= 11 is 0. The Bertz CT molecular complexity index is 454. The average molecular weight is 292 g/mol. The van der Waals surface area contributed by atoms with E-state index < -0.39 is 62.7 Å². The first-order chi connectivity index (χ1) is 7.69. The van der Waals surface area contributed by atoms with Gasteiger partial charge in [0.1, 0.15) is 36.1 Å². The van der Waals surface area contributed by atoms with Crippen LogP contribution in [0.15, 0.2) is 0 Å². The quantitative estimate of drug-likeness (QED) is 0.638. The first-order valence-electron chi connectivity index (χ1n) is 4.78. The fourth-order valence-electron chi connectivity index (χ4n) is 1.78. The second-order valence-corrected chi connectivity index (χ2v) is 7.27. The molecule has 2 aliphatic heterocycles. The van der Waals surface area contributed by atoms with Crippen molar-refractivity contribution in [3.05, 3.63) is 0 Å². The Morgan fingerprint density at radius 3 is 1.47 bits per heavy atom. The molecule has 0 N–H and O–H groups in total. The van der Waals surface area contributed by atoms with Gasteiger partial charge in [-0.15, -0.1) is 0 Å². The van der Waals surface area contributed by atoms with Crippen molar-refractivity contribution in [2.75, 3.05) is 11.5 Å². The van der Waals surface area contributed by atoms with E-state index in [9.17, 15) is 25.6 Å². The maximum Gasteiger partial charge on any atom is 0.270 e. The zero-order valence-corrected chi connectivity index (χ0v) is 10.1. The van der Waals surface area contributed by atoms with Crippen LogP contribution in [0.5, 0.6) is 0 Å². The minimum atomic E-state index is -3.93. The number of alkyl halides is 2. The van der Waals surface area contributed by atoms with Crippen molar-refractivity contribution < 1.29 is 34.0 Å². The minimum Gasteiger partial charge on any atom is -0.263 e. The van der Waals surface area contributed by atoms with Crippen molar-refractivity contribution in [1.29, 1.82) is 0 Å². The molecule has 0 saturated carbocycles. The normalized spacial score (nSPS) is 43.9. The molecule has 4 atom stereocenters. The van der Waals surface area contributed by atoms with Crippen LogP contribution in [0, 0.1) is 0 Å². The van der Waals surface area contributed by atoms with Gasteiger partial charge in [0.2, 0.25) is 0 Å². The van der Waals surface area contributed by atoms with E-state index in [1.807, 2.05) is 0 Å². The van der Waals surface area contributed by atoms with Crippen LogP contribution in [0.3, 0.4) is 0 Å². The second kappa shape index (κ2) is 4.11. The zero-order chi connectivity index (χ0) is 12.8. The summed E-state index contributed by atoms with van der Waals surface area (Å²) in [6, 6.07) is 0. The molecule has 0 radical (unpaired) electrons. The molecule has 17 heavy (non-hydrogen) atoms. The molecule has 0 spiro atoms. The van der Waals surface area contributed by atoms with Crippen LogP contribution in [-0.2, 0) is 28.6 Å². The molecule has 0 aliphatic carbocycles. The van der Waals surface area contributed by atoms with Gasteiger partial charge < -0.3 is 0 Å². The molecule has 2 heterocycles. The summed E-state index contributed by atoms with van der Waals surface area (Å²) in [6.07, 6.45) is -6.79. The highest BCUT2D eigenvalue weighted by Gasteiger charge is 2.46. The summed E-state index contributed by atoms with van der Waals surface area (Å²) in [7, 11) is -7.87. The van der Waals surface area contributed by atoms with Crippen LogP contribution in [0.25, 0.3) is 0 Å². The number of hydrogen-bond acceptors (Lipinski definition) is 6. The lowest BCUT2D eigenvalue weighted by molar-refractivity contribution is 0.0675. The van der Waals surface area contributed by atoms with Crippen LogP contribution >= 0.6 is 0 Å². The molecular formula is C7H10F2O6S2. The Kier molecular flexibility index (Phi) is 3.17. The van der Waals surface area contributed by atoms with E-state index in [1.54, 1.807) is 0 Å². The van der Waals surface area contributed by atoms with E-state index in [0.717, 1.165) is 0 Å². The lowest BCUT2D eigenvalue weighted by Crippen LogP contribution is -2.29. The van der Waals surface area contributed by atoms with Gasteiger partial charge in [0.15, 0.2) is 0 Å². The monoisotopic (exact) mass is 292 g/mol. The van der Waals surface area contributed by atoms with Gasteiger partial charge in [-0.1, -0.05) is 0 Å². The number of hydrogen-bond donors (Lipinski definition) is 0. The zero-order valence-electron chi connectivity index (χ0n) is 8.45. The number of rotatable bonds is 2. The topological polar surface area (TPSA) is 86.7 Å². The minimum absolute atomic E-state index is 0.444. The molecule has 0 bridgehead atoms. The molecule has 10 heteroatoms. The Morgan fingerprint density at radius 1 is 0.882 bits per heavy atom. The standard InChI is InChI=1S/C7H10F2O6S2/c8-4-2-16(10,11)14-6(4)1-7-5(9)3-17(12,13)15-7/h4-7H,1-3H2. The lowest BCUT2D eigenvalue weighted by atomic mass is 10.1. The third-order valence-corrected chi connectivity index (χ3v) is 5.07. The molecule has 2 aliphatic rings. The number of halogens is 2. The molecule has 2 saturated heterocycles. The molecule has 2 fully saturated rings. The maximum atomic E-state index is 13.2. The molecule has 0 amide bonds. The summed E-state index contributed by atoms with van der Waals surface area (Å²) in [6.45, 7) is 0. The Balaban J connectivity index is 2.04. The first-order valence-corrected chi connectivity index (χ1v) is 7.94. The van der Waals surface area contributed by atoms with Crippen molar-refractivity contribution in [2.24, 2.45) is 0 Å². The molecule has 2 rings (SSSR count). The highest BCUT2D eigenvalue weighted by atomic mass is 32.2. The highest BCUT2D eigenvalue weighted by Crippen LogP contribution is 2.29. The molecular weight excluding hydrogens is 282 g/mol. The van der Waals surface area contributed by atoms with Crippen molar-refractivity contribution in [2.45, 2.75) is 31.0 Å². The lowest BCUT2D eigenvalue weighted by Gasteiger charge is -2.15. The summed E-state index contributed by atoms with van der Waals surface area (Å²) in [5.41, 5.74) is 0. The van der Waals surface area contributed by atoms with Crippen molar-refractivity contribution in [1.82, 2.24) is 0 Å². The van der Waals surface area contributed by atoms with Gasteiger partial charge in [-0.2, -0.15) is 16.8 Å². The SMILES string of the molecule is O=S1(=O)CC(F)C(CC2OS(=O)(=O)CC2F)O1. The smallest absolute Gasteiger partial charge is 0.263 e. The second-order valence-electron chi connectivity index (χ2n) is 3.99. The Labute approximate surface area is 97.1 Å². The predicted molar refractivity (Wildman–Crippen MR) is 51.7 cm³/mol. The molecule has 4 unspecified atom stereocenters. The van der Waals surface area contributed by atoms with E-state index in [0.29, 0.717) is 0 Å². The van der Waals surface area contributed by atoms with Crippen LogP contribution in [-0.4, -0.2) is 52.9 Å². The molecule has 0 aromatic heterocycles. The van der Waals surface area contributed by atoms with Crippen LogP contribution in [0.2, 0.25) is 0 Å². The predicted octanol–water partition coefficient (Wildman–Crippen LogP) is -0.490. The van der Waals surface area contributed by atoms with Crippen molar-refractivity contribution in [3.8, 4) is 0 Å². The van der Waals surface area contributed by atoms with Crippen LogP contribution < -0.4 is 0 Å². The average Bonchev–Trinajstić information content (AvgIpc) is 2.50. The largest absolute Gasteiger partial charge is 0.270 e. The van der Waals surface area contributed by atoms with Crippen LogP contribution in [0.4, 0.5) is 8.78 Å². The third kappa shape index (κ3) is 2.92. The van der Waals surface area contributed by atoms with Gasteiger partial charge in [0, 0.05) is 6.42 Å². The van der Waals surface area contributed by atoms with Crippen molar-refractivity contribution in [3.63, 3.8) is 0 Å². The van der Waals surface area contributed by atoms with E-state index in [1.165, 1.54) is 0 Å². The summed E-state index contributed by atoms with van der Waals surface area (Å²) in [5.74, 6) is -1.60. The fraction of sp³-hybridized carbons (Fsp3) is 1.00. The fourth-order valence-corrected chi connectivity index (χ4v) is 4.30. The van der Waals surface area contributed by atoms with E-state index >= 15 is 0 Å². The van der Waals surface area contributed by atoms with Gasteiger partial charge in [0.25, 0.3) is 20.2 Å². The van der Waals surface area contributed by atoms with Crippen LogP contribution in [0.1, 0.15) is 6.42 Å². The van der Waals surface area contributed by atoms with Gasteiger partial charge in [-0.05, 0) is 0 Å². The van der Waals surface area contributed by atoms with E-state index in [2.05, 4.69) is 8.37 Å². The Hall–Kier alpha value is -0.320. The summed E-state index contributed by atoms with van der Waals surface area (Å²) in [5, 5.41) is 0. The Morgan fingerprint density at radius 2 is 1.24 bits per heavy atom. The maximum absolute atomic E-state index is 13.2. The van der Waals surface area contributed by atoms with Gasteiger partial charge in [0.05, 0.1) is 0 Å². The van der Waals surface area contributed by atoms with E-state index in [4.69, 9.17) is 0 Å². The van der Waals surface area contributed by atoms with Gasteiger partial charge in [-0.25, -0.2) is 8.78 Å². The van der Waals surface area contributed by atoms with E-state index in [-0.39, 0.29) is 0 Å². The summed E-state index contributed by atoms with van der Waals surface area (Å²) < 4.78 is 78.9. The van der Waals surface area contributed by atoms with Gasteiger partial charge in [-0.3, -0.25) is 8.37 Å². The molecule has 100 valence electrons. The summed E-state index contributed by atoms with van der Waals surface area (Å²) in [4.78, 5) is 0. The molecule has 0 aromatic carbocycles. The van der Waals surface area contributed by atoms with Crippen molar-refractivity contribution >= 4 is 20.2 Å². The molecule has 0 aromatic rings. The van der Waals surface area contributed by atoms with Gasteiger partial charge >= 0.3 is 0 Å².